The van der Waals surface area contributed by atoms with Crippen LogP contribution in [-0.2, 0) is 4.74 Å². The first-order valence-corrected chi connectivity index (χ1v) is 6.27. The standard InChI is InChI=1S/C13H26N2O/c1-5-15(10-11-16-6-2)9-7-8-13(3,4)12-14/h5-11H2,1-4H3. The lowest BCUT2D eigenvalue weighted by Gasteiger charge is -2.22. The maximum absolute atomic E-state index is 8.91. The molecule has 0 rings (SSSR count). The lowest BCUT2D eigenvalue weighted by atomic mass is 9.90. The molecule has 0 unspecified atom stereocenters. The molecule has 94 valence electrons. The van der Waals surface area contributed by atoms with Crippen LogP contribution in [0.3, 0.4) is 0 Å². The molecule has 0 atom stereocenters. The highest BCUT2D eigenvalue weighted by molar-refractivity contribution is 4.91. The number of ether oxygens (including phenoxy) is 1. The summed E-state index contributed by atoms with van der Waals surface area (Å²) in [4.78, 5) is 2.38. The topological polar surface area (TPSA) is 36.3 Å². The van der Waals surface area contributed by atoms with Crippen LogP contribution in [0.4, 0.5) is 0 Å². The van der Waals surface area contributed by atoms with Crippen LogP contribution in [0, 0.1) is 16.7 Å². The second kappa shape index (κ2) is 8.55. The van der Waals surface area contributed by atoms with Gasteiger partial charge in [-0.25, -0.2) is 0 Å². The van der Waals surface area contributed by atoms with E-state index in [2.05, 4.69) is 17.9 Å². The van der Waals surface area contributed by atoms with Crippen molar-refractivity contribution in [1.29, 1.82) is 5.26 Å². The van der Waals surface area contributed by atoms with Gasteiger partial charge in [-0.15, -0.1) is 0 Å². The zero-order chi connectivity index (χ0) is 12.4. The molecular formula is C13H26N2O. The molecule has 0 aliphatic carbocycles. The van der Waals surface area contributed by atoms with E-state index in [-0.39, 0.29) is 5.41 Å². The highest BCUT2D eigenvalue weighted by atomic mass is 16.5. The van der Waals surface area contributed by atoms with E-state index >= 15 is 0 Å². The molecule has 0 bridgehead atoms. The van der Waals surface area contributed by atoms with Crippen molar-refractivity contribution in [3.63, 3.8) is 0 Å². The van der Waals surface area contributed by atoms with E-state index in [1.807, 2.05) is 20.8 Å². The number of likely N-dealkylation sites (N-methyl/N-ethyl adjacent to an activating group) is 1. The summed E-state index contributed by atoms with van der Waals surface area (Å²) in [6, 6.07) is 2.34. The number of nitrogens with zero attached hydrogens (tertiary/aromatic N) is 2. The Labute approximate surface area is 100 Å². The van der Waals surface area contributed by atoms with Crippen LogP contribution in [0.15, 0.2) is 0 Å². The van der Waals surface area contributed by atoms with Crippen LogP contribution in [0.5, 0.6) is 0 Å². The first kappa shape index (κ1) is 15.4. The molecule has 0 amide bonds. The summed E-state index contributed by atoms with van der Waals surface area (Å²) in [6.45, 7) is 12.9. The average molecular weight is 226 g/mol. The van der Waals surface area contributed by atoms with Crippen molar-refractivity contribution in [2.75, 3.05) is 32.8 Å². The molecule has 0 saturated heterocycles. The third-order valence-electron chi connectivity index (χ3n) is 2.78. The van der Waals surface area contributed by atoms with E-state index < -0.39 is 0 Å². The Morgan fingerprint density at radius 3 is 2.44 bits per heavy atom. The maximum Gasteiger partial charge on any atom is 0.0683 e. The van der Waals surface area contributed by atoms with Gasteiger partial charge < -0.3 is 9.64 Å². The zero-order valence-electron chi connectivity index (χ0n) is 11.3. The summed E-state index contributed by atoms with van der Waals surface area (Å²) in [5, 5.41) is 8.91. The molecule has 3 heteroatoms. The normalized spacial score (nSPS) is 11.8. The molecule has 0 heterocycles. The molecule has 3 nitrogen and oxygen atoms in total. The van der Waals surface area contributed by atoms with Crippen molar-refractivity contribution in [2.45, 2.75) is 40.5 Å². The first-order chi connectivity index (χ1) is 7.55. The smallest absolute Gasteiger partial charge is 0.0683 e. The Hall–Kier alpha value is -0.590. The first-order valence-electron chi connectivity index (χ1n) is 6.27. The highest BCUT2D eigenvalue weighted by Crippen LogP contribution is 2.20. The summed E-state index contributed by atoms with van der Waals surface area (Å²) >= 11 is 0. The Morgan fingerprint density at radius 2 is 1.94 bits per heavy atom. The van der Waals surface area contributed by atoms with Gasteiger partial charge in [0.1, 0.15) is 0 Å². The summed E-state index contributed by atoms with van der Waals surface area (Å²) in [6.07, 6.45) is 2.05. The molecule has 0 spiro atoms. The Bertz CT molecular complexity index is 208. The van der Waals surface area contributed by atoms with Gasteiger partial charge >= 0.3 is 0 Å². The van der Waals surface area contributed by atoms with E-state index in [9.17, 15) is 0 Å². The van der Waals surface area contributed by atoms with Crippen LogP contribution in [-0.4, -0.2) is 37.7 Å². The highest BCUT2D eigenvalue weighted by Gasteiger charge is 2.16. The van der Waals surface area contributed by atoms with Crippen molar-refractivity contribution < 1.29 is 4.74 Å². The van der Waals surface area contributed by atoms with Gasteiger partial charge in [0.25, 0.3) is 0 Å². The SMILES string of the molecule is CCOCCN(CC)CCCC(C)(C)C#N. The molecule has 0 aromatic rings. The van der Waals surface area contributed by atoms with Crippen molar-refractivity contribution in [1.82, 2.24) is 4.90 Å². The molecule has 0 aromatic carbocycles. The molecule has 16 heavy (non-hydrogen) atoms. The van der Waals surface area contributed by atoms with E-state index in [1.165, 1.54) is 0 Å². The third kappa shape index (κ3) is 7.67. The number of hydrogen-bond donors (Lipinski definition) is 0. The summed E-state index contributed by atoms with van der Waals surface area (Å²) in [5.41, 5.74) is -0.181. The van der Waals surface area contributed by atoms with E-state index in [1.54, 1.807) is 0 Å². The number of rotatable bonds is 9. The molecule has 0 N–H and O–H groups in total. The fraction of sp³-hybridized carbons (Fsp3) is 0.923. The average Bonchev–Trinajstić information content (AvgIpc) is 2.27. The second-order valence-electron chi connectivity index (χ2n) is 4.73. The van der Waals surface area contributed by atoms with Crippen molar-refractivity contribution in [3.05, 3.63) is 0 Å². The lowest BCUT2D eigenvalue weighted by molar-refractivity contribution is 0.114. The van der Waals surface area contributed by atoms with Gasteiger partial charge in [-0.2, -0.15) is 5.26 Å². The fourth-order valence-corrected chi connectivity index (χ4v) is 1.57. The van der Waals surface area contributed by atoms with Gasteiger partial charge in [-0.05, 0) is 46.7 Å². The Morgan fingerprint density at radius 1 is 1.25 bits per heavy atom. The van der Waals surface area contributed by atoms with E-state index in [4.69, 9.17) is 10.00 Å². The Kier molecular flexibility index (Phi) is 8.23. The number of hydrogen-bond acceptors (Lipinski definition) is 3. The van der Waals surface area contributed by atoms with E-state index in [0.29, 0.717) is 0 Å². The van der Waals surface area contributed by atoms with Crippen LogP contribution in [0.1, 0.15) is 40.5 Å². The third-order valence-corrected chi connectivity index (χ3v) is 2.78. The monoisotopic (exact) mass is 226 g/mol. The van der Waals surface area contributed by atoms with Gasteiger partial charge in [-0.3, -0.25) is 0 Å². The van der Waals surface area contributed by atoms with E-state index in [0.717, 1.165) is 45.7 Å². The molecule has 0 aliphatic rings. The molecule has 0 aliphatic heterocycles. The predicted octanol–water partition coefficient (Wildman–Crippen LogP) is 2.67. The molecule has 0 saturated carbocycles. The predicted molar refractivity (Wildman–Crippen MR) is 67.2 cm³/mol. The molecule has 0 fully saturated rings. The minimum atomic E-state index is -0.181. The molecule has 0 aromatic heterocycles. The largest absolute Gasteiger partial charge is 0.380 e. The summed E-state index contributed by atoms with van der Waals surface area (Å²) in [7, 11) is 0. The van der Waals surface area contributed by atoms with Gasteiger partial charge in [0.05, 0.1) is 18.1 Å². The summed E-state index contributed by atoms with van der Waals surface area (Å²) < 4.78 is 5.34. The molecule has 0 radical (unpaired) electrons. The van der Waals surface area contributed by atoms with Crippen LogP contribution >= 0.6 is 0 Å². The Balaban J connectivity index is 3.67. The van der Waals surface area contributed by atoms with Crippen LogP contribution in [0.2, 0.25) is 0 Å². The van der Waals surface area contributed by atoms with Gasteiger partial charge in [-0.1, -0.05) is 6.92 Å². The van der Waals surface area contributed by atoms with Crippen molar-refractivity contribution >= 4 is 0 Å². The van der Waals surface area contributed by atoms with Gasteiger partial charge in [0.2, 0.25) is 0 Å². The second-order valence-corrected chi connectivity index (χ2v) is 4.73. The minimum Gasteiger partial charge on any atom is -0.380 e. The van der Waals surface area contributed by atoms with Crippen LogP contribution < -0.4 is 0 Å². The lowest BCUT2D eigenvalue weighted by Crippen LogP contribution is -2.29. The quantitative estimate of drug-likeness (QED) is 0.567. The van der Waals surface area contributed by atoms with Crippen molar-refractivity contribution in [3.8, 4) is 6.07 Å². The fourth-order valence-electron chi connectivity index (χ4n) is 1.57. The van der Waals surface area contributed by atoms with Crippen molar-refractivity contribution in [2.24, 2.45) is 5.41 Å². The van der Waals surface area contributed by atoms with Gasteiger partial charge in [0.15, 0.2) is 0 Å². The maximum atomic E-state index is 8.91. The minimum absolute atomic E-state index is 0.181. The van der Waals surface area contributed by atoms with Gasteiger partial charge in [0, 0.05) is 13.2 Å². The summed E-state index contributed by atoms with van der Waals surface area (Å²) in [5.74, 6) is 0. The number of nitriles is 1. The zero-order valence-corrected chi connectivity index (χ0v) is 11.3. The van der Waals surface area contributed by atoms with Crippen LogP contribution in [0.25, 0.3) is 0 Å². The molecular weight excluding hydrogens is 200 g/mol.